The van der Waals surface area contributed by atoms with E-state index >= 15 is 0 Å². The predicted molar refractivity (Wildman–Crippen MR) is 35.9 cm³/mol. The van der Waals surface area contributed by atoms with Crippen molar-refractivity contribution in [3.05, 3.63) is 35.8 Å². The van der Waals surface area contributed by atoms with E-state index in [0.717, 1.165) is 12.2 Å². The zero-order valence-electron chi connectivity index (χ0n) is 5.33. The van der Waals surface area contributed by atoms with Gasteiger partial charge in [-0.15, -0.1) is 0 Å². The molecule has 0 saturated heterocycles. The number of hydrogen-bond acceptors (Lipinski definition) is 2. The molecule has 0 bridgehead atoms. The van der Waals surface area contributed by atoms with Crippen LogP contribution in [0.2, 0.25) is 0 Å². The lowest BCUT2D eigenvalue weighted by atomic mass is 10.0. The summed E-state index contributed by atoms with van der Waals surface area (Å²) in [5.74, 6) is 0.836. The van der Waals surface area contributed by atoms with Gasteiger partial charge >= 0.3 is 0 Å². The van der Waals surface area contributed by atoms with Crippen molar-refractivity contribution in [2.45, 2.75) is 6.42 Å². The average molecular weight is 134 g/mol. The van der Waals surface area contributed by atoms with Crippen LogP contribution in [-0.4, -0.2) is 5.78 Å². The molecule has 0 atom stereocenters. The topological polar surface area (TPSA) is 30.2 Å². The highest BCUT2D eigenvalue weighted by atomic mass is 16.3. The second-order valence-electron chi connectivity index (χ2n) is 2.23. The molecular formula is C8H6O2. The normalized spacial score (nSPS) is 15.4. The molecule has 0 N–H and O–H groups in total. The number of hydrogen-bond donors (Lipinski definition) is 0. The van der Waals surface area contributed by atoms with Crippen LogP contribution in [0.3, 0.4) is 0 Å². The van der Waals surface area contributed by atoms with Crippen molar-refractivity contribution in [2.24, 2.45) is 0 Å². The Balaban J connectivity index is 2.58. The molecule has 2 heteroatoms. The number of fused-ring (bicyclic) bond motifs is 1. The summed E-state index contributed by atoms with van der Waals surface area (Å²) in [6.07, 6.45) is 5.69. The lowest BCUT2D eigenvalue weighted by Crippen LogP contribution is -2.01. The van der Waals surface area contributed by atoms with Gasteiger partial charge in [-0.2, -0.15) is 0 Å². The first-order chi connectivity index (χ1) is 4.88. The first-order valence-corrected chi connectivity index (χ1v) is 3.15. The summed E-state index contributed by atoms with van der Waals surface area (Å²) in [5.41, 5.74) is 0.711. The molecule has 1 aliphatic rings. The fraction of sp³-hybridized carbons (Fsp3) is 0.125. The van der Waals surface area contributed by atoms with Crippen molar-refractivity contribution in [3.8, 4) is 0 Å². The number of rotatable bonds is 0. The predicted octanol–water partition coefficient (Wildman–Crippen LogP) is 1.57. The quantitative estimate of drug-likeness (QED) is 0.539. The Morgan fingerprint density at radius 2 is 2.40 bits per heavy atom. The molecule has 1 heterocycles. The largest absolute Gasteiger partial charge is 0.468 e. The van der Waals surface area contributed by atoms with E-state index in [2.05, 4.69) is 0 Å². The van der Waals surface area contributed by atoms with E-state index in [1.807, 2.05) is 6.08 Å². The molecule has 1 aliphatic carbocycles. The molecule has 10 heavy (non-hydrogen) atoms. The fourth-order valence-electron chi connectivity index (χ4n) is 1.08. The zero-order chi connectivity index (χ0) is 6.97. The SMILES string of the molecule is O=C1C=CCc2occc21. The van der Waals surface area contributed by atoms with Gasteiger partial charge in [0.2, 0.25) is 0 Å². The molecule has 0 spiro atoms. The van der Waals surface area contributed by atoms with Crippen LogP contribution < -0.4 is 0 Å². The molecule has 1 aromatic rings. The van der Waals surface area contributed by atoms with Crippen LogP contribution in [0.15, 0.2) is 28.9 Å². The molecule has 50 valence electrons. The highest BCUT2D eigenvalue weighted by molar-refractivity contribution is 6.06. The average Bonchev–Trinajstić information content (AvgIpc) is 2.36. The summed E-state index contributed by atoms with van der Waals surface area (Å²) in [6.45, 7) is 0. The molecule has 0 aromatic carbocycles. The maximum absolute atomic E-state index is 11.0. The Morgan fingerprint density at radius 1 is 1.50 bits per heavy atom. The van der Waals surface area contributed by atoms with Crippen LogP contribution in [0.1, 0.15) is 16.1 Å². The van der Waals surface area contributed by atoms with Gasteiger partial charge in [-0.3, -0.25) is 4.79 Å². The van der Waals surface area contributed by atoms with Gasteiger partial charge < -0.3 is 4.42 Å². The summed E-state index contributed by atoms with van der Waals surface area (Å²) in [5, 5.41) is 0. The maximum Gasteiger partial charge on any atom is 0.189 e. The van der Waals surface area contributed by atoms with E-state index < -0.39 is 0 Å². The number of ketones is 1. The maximum atomic E-state index is 11.0. The van der Waals surface area contributed by atoms with Crippen molar-refractivity contribution < 1.29 is 9.21 Å². The third-order valence-corrected chi connectivity index (χ3v) is 1.58. The highest BCUT2D eigenvalue weighted by Gasteiger charge is 2.14. The number of furan rings is 1. The number of carbonyl (C=O) groups is 1. The second-order valence-corrected chi connectivity index (χ2v) is 2.23. The standard InChI is InChI=1S/C8H6O2/c9-7-2-1-3-8-6(7)4-5-10-8/h1-2,4-5H,3H2. The van der Waals surface area contributed by atoms with Crippen LogP contribution >= 0.6 is 0 Å². The summed E-state index contributed by atoms with van der Waals surface area (Å²) < 4.78 is 5.05. The molecule has 0 fully saturated rings. The Labute approximate surface area is 58.2 Å². The first kappa shape index (κ1) is 5.47. The van der Waals surface area contributed by atoms with Gasteiger partial charge in [0.25, 0.3) is 0 Å². The second kappa shape index (κ2) is 1.84. The third kappa shape index (κ3) is 0.620. The van der Waals surface area contributed by atoms with Crippen LogP contribution in [-0.2, 0) is 6.42 Å². The van der Waals surface area contributed by atoms with Crippen molar-refractivity contribution in [1.29, 1.82) is 0 Å². The van der Waals surface area contributed by atoms with Crippen molar-refractivity contribution >= 4 is 5.78 Å². The third-order valence-electron chi connectivity index (χ3n) is 1.58. The Bertz CT molecular complexity index is 294. The van der Waals surface area contributed by atoms with Gasteiger partial charge in [0, 0.05) is 6.42 Å². The minimum Gasteiger partial charge on any atom is -0.468 e. The molecule has 0 radical (unpaired) electrons. The van der Waals surface area contributed by atoms with Crippen LogP contribution in [0.5, 0.6) is 0 Å². The first-order valence-electron chi connectivity index (χ1n) is 3.15. The van der Waals surface area contributed by atoms with Gasteiger partial charge in [-0.1, -0.05) is 6.08 Å². The zero-order valence-corrected chi connectivity index (χ0v) is 5.33. The van der Waals surface area contributed by atoms with E-state index in [0.29, 0.717) is 5.56 Å². The van der Waals surface area contributed by atoms with E-state index in [1.165, 1.54) is 0 Å². The van der Waals surface area contributed by atoms with Gasteiger partial charge in [0.15, 0.2) is 5.78 Å². The molecular weight excluding hydrogens is 128 g/mol. The minimum atomic E-state index is 0.0509. The smallest absolute Gasteiger partial charge is 0.189 e. The summed E-state index contributed by atoms with van der Waals surface area (Å²) in [4.78, 5) is 11.0. The van der Waals surface area contributed by atoms with Crippen molar-refractivity contribution in [3.63, 3.8) is 0 Å². The Morgan fingerprint density at radius 3 is 3.20 bits per heavy atom. The summed E-state index contributed by atoms with van der Waals surface area (Å²) in [7, 11) is 0. The monoisotopic (exact) mass is 134 g/mol. The van der Waals surface area contributed by atoms with Crippen LogP contribution in [0, 0.1) is 0 Å². The van der Waals surface area contributed by atoms with Crippen molar-refractivity contribution in [2.75, 3.05) is 0 Å². The van der Waals surface area contributed by atoms with E-state index in [1.54, 1.807) is 18.4 Å². The summed E-state index contributed by atoms with van der Waals surface area (Å²) in [6, 6.07) is 1.71. The van der Waals surface area contributed by atoms with Gasteiger partial charge in [-0.25, -0.2) is 0 Å². The lowest BCUT2D eigenvalue weighted by molar-refractivity contribution is 0.104. The molecule has 0 saturated carbocycles. The molecule has 1 aromatic heterocycles. The lowest BCUT2D eigenvalue weighted by Gasteiger charge is -1.99. The van der Waals surface area contributed by atoms with Gasteiger partial charge in [0.05, 0.1) is 11.8 Å². The molecule has 0 unspecified atom stereocenters. The van der Waals surface area contributed by atoms with Crippen LogP contribution in [0.4, 0.5) is 0 Å². The van der Waals surface area contributed by atoms with Gasteiger partial charge in [-0.05, 0) is 12.1 Å². The molecule has 2 nitrogen and oxygen atoms in total. The van der Waals surface area contributed by atoms with Gasteiger partial charge in [0.1, 0.15) is 5.76 Å². The fourth-order valence-corrected chi connectivity index (χ4v) is 1.08. The Kier molecular flexibility index (Phi) is 1.01. The molecule has 0 amide bonds. The summed E-state index contributed by atoms with van der Waals surface area (Å²) >= 11 is 0. The molecule has 0 aliphatic heterocycles. The van der Waals surface area contributed by atoms with E-state index in [4.69, 9.17) is 4.42 Å². The van der Waals surface area contributed by atoms with E-state index in [9.17, 15) is 4.79 Å². The molecule has 2 rings (SSSR count). The Hall–Kier alpha value is -1.31. The van der Waals surface area contributed by atoms with Crippen molar-refractivity contribution in [1.82, 2.24) is 0 Å². The highest BCUT2D eigenvalue weighted by Crippen LogP contribution is 2.16. The minimum absolute atomic E-state index is 0.0509. The van der Waals surface area contributed by atoms with Crippen LogP contribution in [0.25, 0.3) is 0 Å². The van der Waals surface area contributed by atoms with E-state index in [-0.39, 0.29) is 5.78 Å². The number of allylic oxidation sites excluding steroid dienone is 2. The number of carbonyl (C=O) groups excluding carboxylic acids is 1.